The number of aromatic amines is 1. The van der Waals surface area contributed by atoms with E-state index in [1.54, 1.807) is 43.5 Å². The Morgan fingerprint density at radius 1 is 1.07 bits per heavy atom. The predicted molar refractivity (Wildman–Crippen MR) is 109 cm³/mol. The van der Waals surface area contributed by atoms with Crippen molar-refractivity contribution in [2.24, 2.45) is 0 Å². The Labute approximate surface area is 168 Å². The number of nitrogens with one attached hydrogen (secondary N) is 3. The quantitative estimate of drug-likeness (QED) is 0.458. The number of amides is 2. The molecule has 29 heavy (non-hydrogen) atoms. The molecular weight excluding hydrogens is 395 g/mol. The van der Waals surface area contributed by atoms with Crippen molar-refractivity contribution in [3.8, 4) is 5.75 Å². The topological polar surface area (TPSA) is 96.1 Å². The highest BCUT2D eigenvalue weighted by Crippen LogP contribution is 2.30. The van der Waals surface area contributed by atoms with Crippen LogP contribution < -0.4 is 15.4 Å². The summed E-state index contributed by atoms with van der Waals surface area (Å²) in [7, 11) is 1.57. The van der Waals surface area contributed by atoms with Gasteiger partial charge in [0, 0.05) is 5.69 Å². The van der Waals surface area contributed by atoms with E-state index < -0.39 is 11.7 Å². The normalized spacial score (nSPS) is 10.7. The molecule has 0 saturated heterocycles. The molecule has 0 bridgehead atoms. The minimum Gasteiger partial charge on any atom is -0.497 e. The highest BCUT2D eigenvalue weighted by molar-refractivity contribution is 7.20. The van der Waals surface area contributed by atoms with Crippen LogP contribution in [0.15, 0.2) is 54.6 Å². The second kappa shape index (κ2) is 7.72. The van der Waals surface area contributed by atoms with Gasteiger partial charge in [-0.05, 0) is 42.5 Å². The average Bonchev–Trinajstić information content (AvgIpc) is 3.31. The third kappa shape index (κ3) is 3.81. The summed E-state index contributed by atoms with van der Waals surface area (Å²) in [5, 5.41) is 12.8. The molecule has 0 spiro atoms. The number of nitrogens with zero attached hydrogens (tertiary/aromatic N) is 1. The molecule has 2 aromatic carbocycles. The molecule has 0 radical (unpaired) electrons. The van der Waals surface area contributed by atoms with E-state index >= 15 is 0 Å². The molecule has 0 aliphatic carbocycles. The minimum atomic E-state index is -0.623. The number of carbonyl (C=O) groups is 2. The van der Waals surface area contributed by atoms with Crippen LogP contribution in [0.3, 0.4) is 0 Å². The van der Waals surface area contributed by atoms with Gasteiger partial charge >= 0.3 is 0 Å². The van der Waals surface area contributed by atoms with Crippen molar-refractivity contribution in [1.29, 1.82) is 0 Å². The second-order valence-corrected chi connectivity index (χ2v) is 7.09. The third-order valence-corrected chi connectivity index (χ3v) is 5.22. The molecule has 0 aliphatic rings. The number of methoxy groups -OCH3 is 1. The van der Waals surface area contributed by atoms with Crippen LogP contribution in [-0.2, 0) is 0 Å². The van der Waals surface area contributed by atoms with Crippen LogP contribution in [0.4, 0.5) is 15.9 Å². The summed E-state index contributed by atoms with van der Waals surface area (Å²) in [5.41, 5.74) is 0.537. The van der Waals surface area contributed by atoms with Crippen LogP contribution in [0.2, 0.25) is 0 Å². The Bertz CT molecular complexity index is 1200. The van der Waals surface area contributed by atoms with E-state index in [0.29, 0.717) is 26.5 Å². The van der Waals surface area contributed by atoms with Gasteiger partial charge in [-0.3, -0.25) is 14.7 Å². The van der Waals surface area contributed by atoms with Crippen LogP contribution >= 0.6 is 11.3 Å². The lowest BCUT2D eigenvalue weighted by atomic mass is 10.2. The number of benzene rings is 2. The molecule has 0 unspecified atom stereocenters. The van der Waals surface area contributed by atoms with Crippen molar-refractivity contribution in [1.82, 2.24) is 10.2 Å². The molecule has 2 aromatic heterocycles. The maximum atomic E-state index is 13.8. The third-order valence-electron chi connectivity index (χ3n) is 4.18. The largest absolute Gasteiger partial charge is 0.497 e. The van der Waals surface area contributed by atoms with Gasteiger partial charge < -0.3 is 15.4 Å². The molecule has 0 atom stereocenters. The molecule has 2 heterocycles. The summed E-state index contributed by atoms with van der Waals surface area (Å²) >= 11 is 1.20. The first kappa shape index (κ1) is 18.6. The number of halogens is 1. The van der Waals surface area contributed by atoms with Crippen molar-refractivity contribution in [3.05, 3.63) is 70.9 Å². The standard InChI is InChI=1S/C20H15FN4O3S/c1-28-12-8-6-11(7-9-12)22-19(27)16-10-14-17(24-25-20(14)29-16)23-18(26)13-4-2-3-5-15(13)21/h2-10H,1H3,(H,22,27)(H2,23,24,25,26). The highest BCUT2D eigenvalue weighted by atomic mass is 32.1. The molecule has 0 saturated carbocycles. The van der Waals surface area contributed by atoms with E-state index in [1.807, 2.05) is 0 Å². The number of aromatic nitrogens is 2. The van der Waals surface area contributed by atoms with Crippen LogP contribution in [-0.4, -0.2) is 29.1 Å². The van der Waals surface area contributed by atoms with E-state index in [-0.39, 0.29) is 17.3 Å². The van der Waals surface area contributed by atoms with E-state index in [2.05, 4.69) is 20.8 Å². The first-order valence-electron chi connectivity index (χ1n) is 8.54. The van der Waals surface area contributed by atoms with Gasteiger partial charge in [0.05, 0.1) is 22.9 Å². The Morgan fingerprint density at radius 3 is 2.55 bits per heavy atom. The van der Waals surface area contributed by atoms with Crippen molar-refractivity contribution in [2.45, 2.75) is 0 Å². The molecule has 4 rings (SSSR count). The van der Waals surface area contributed by atoms with Crippen molar-refractivity contribution < 1.29 is 18.7 Å². The smallest absolute Gasteiger partial charge is 0.265 e. The van der Waals surface area contributed by atoms with Crippen molar-refractivity contribution in [2.75, 3.05) is 17.7 Å². The van der Waals surface area contributed by atoms with E-state index in [4.69, 9.17) is 4.74 Å². The molecular formula is C20H15FN4O3S. The van der Waals surface area contributed by atoms with E-state index in [9.17, 15) is 14.0 Å². The Kier molecular flexibility index (Phi) is 4.96. The average molecular weight is 410 g/mol. The van der Waals surface area contributed by atoms with E-state index in [0.717, 1.165) is 0 Å². The molecule has 9 heteroatoms. The maximum Gasteiger partial charge on any atom is 0.265 e. The monoisotopic (exact) mass is 410 g/mol. The predicted octanol–water partition coefficient (Wildman–Crippen LogP) is 4.28. The SMILES string of the molecule is COc1ccc(NC(=O)c2cc3c(NC(=O)c4ccccc4F)n[nH]c3s2)cc1. The number of hydrogen-bond acceptors (Lipinski definition) is 5. The summed E-state index contributed by atoms with van der Waals surface area (Å²) in [5.74, 6) is -0.619. The lowest BCUT2D eigenvalue weighted by Gasteiger charge is -2.05. The number of H-pyrrole nitrogens is 1. The zero-order valence-corrected chi connectivity index (χ0v) is 16.0. The fourth-order valence-corrected chi connectivity index (χ4v) is 3.61. The number of fused-ring (bicyclic) bond motifs is 1. The Balaban J connectivity index is 1.53. The van der Waals surface area contributed by atoms with Crippen molar-refractivity contribution in [3.63, 3.8) is 0 Å². The molecule has 0 fully saturated rings. The Hall–Kier alpha value is -3.72. The van der Waals surface area contributed by atoms with Gasteiger partial charge in [0.15, 0.2) is 5.82 Å². The molecule has 0 aliphatic heterocycles. The lowest BCUT2D eigenvalue weighted by Crippen LogP contribution is -2.14. The zero-order chi connectivity index (χ0) is 20.4. The lowest BCUT2D eigenvalue weighted by molar-refractivity contribution is 0.101. The van der Waals surface area contributed by atoms with Crippen LogP contribution in [0, 0.1) is 5.82 Å². The molecule has 3 N–H and O–H groups in total. The van der Waals surface area contributed by atoms with Gasteiger partial charge in [0.2, 0.25) is 0 Å². The summed E-state index contributed by atoms with van der Waals surface area (Å²) < 4.78 is 18.9. The number of thiophene rings is 1. The second-order valence-electron chi connectivity index (χ2n) is 6.04. The maximum absolute atomic E-state index is 13.8. The van der Waals surface area contributed by atoms with Gasteiger partial charge in [-0.2, -0.15) is 5.10 Å². The Morgan fingerprint density at radius 2 is 1.83 bits per heavy atom. The van der Waals surface area contributed by atoms with Crippen LogP contribution in [0.1, 0.15) is 20.0 Å². The first-order valence-corrected chi connectivity index (χ1v) is 9.36. The molecule has 4 aromatic rings. The first-order chi connectivity index (χ1) is 14.0. The van der Waals surface area contributed by atoms with Gasteiger partial charge in [-0.1, -0.05) is 12.1 Å². The zero-order valence-electron chi connectivity index (χ0n) is 15.2. The summed E-state index contributed by atoms with van der Waals surface area (Å²) in [4.78, 5) is 25.9. The summed E-state index contributed by atoms with van der Waals surface area (Å²) in [6.45, 7) is 0. The van der Waals surface area contributed by atoms with E-state index in [1.165, 1.54) is 29.5 Å². The van der Waals surface area contributed by atoms with Gasteiger partial charge in [0.1, 0.15) is 16.4 Å². The molecule has 2 amide bonds. The number of hydrogen-bond donors (Lipinski definition) is 3. The fourth-order valence-electron chi connectivity index (χ4n) is 2.71. The van der Waals surface area contributed by atoms with Gasteiger partial charge in [-0.25, -0.2) is 4.39 Å². The van der Waals surface area contributed by atoms with Crippen LogP contribution in [0.25, 0.3) is 10.2 Å². The fraction of sp³-hybridized carbons (Fsp3) is 0.0500. The van der Waals surface area contributed by atoms with Crippen molar-refractivity contribution >= 4 is 44.9 Å². The molecule has 146 valence electrons. The number of carbonyl (C=O) groups excluding carboxylic acids is 2. The number of rotatable bonds is 5. The molecule has 7 nitrogen and oxygen atoms in total. The minimum absolute atomic E-state index is 0.0867. The number of ether oxygens (including phenoxy) is 1. The van der Waals surface area contributed by atoms with Crippen LogP contribution in [0.5, 0.6) is 5.75 Å². The summed E-state index contributed by atoms with van der Waals surface area (Å²) in [6.07, 6.45) is 0. The highest BCUT2D eigenvalue weighted by Gasteiger charge is 2.18. The van der Waals surface area contributed by atoms with Gasteiger partial charge in [0.25, 0.3) is 11.8 Å². The number of anilines is 2. The summed E-state index contributed by atoms with van der Waals surface area (Å²) in [6, 6.07) is 14.3. The van der Waals surface area contributed by atoms with Gasteiger partial charge in [-0.15, -0.1) is 11.3 Å².